The Bertz CT molecular complexity index is 338. The topological polar surface area (TPSA) is 93.4 Å². The normalized spacial score (nSPS) is 15.1. The molecule has 18 heavy (non-hydrogen) atoms. The molecular formula is C12H21N3O3. The van der Waals surface area contributed by atoms with E-state index >= 15 is 0 Å². The summed E-state index contributed by atoms with van der Waals surface area (Å²) in [6.07, 6.45) is 0.662. The molecule has 102 valence electrons. The van der Waals surface area contributed by atoms with E-state index < -0.39 is 18.0 Å². The lowest BCUT2D eigenvalue weighted by Gasteiger charge is -2.24. The maximum atomic E-state index is 11.8. The van der Waals surface area contributed by atoms with Crippen molar-refractivity contribution in [2.24, 2.45) is 11.8 Å². The van der Waals surface area contributed by atoms with Gasteiger partial charge in [-0.1, -0.05) is 20.3 Å². The summed E-state index contributed by atoms with van der Waals surface area (Å²) in [5, 5.41) is 20.2. The van der Waals surface area contributed by atoms with Crippen LogP contribution < -0.4 is 5.32 Å². The first-order valence-electron chi connectivity index (χ1n) is 5.97. The standard InChI is InChI=1S/C12H21N3O3/c1-5-9(3)10(11(16)17)14-12(18)15(4)7-8(2)6-13/h8-10H,5,7H2,1-4H3,(H,14,18)(H,16,17)/t8?,9-,10-/m0/s1. The van der Waals surface area contributed by atoms with E-state index in [9.17, 15) is 9.59 Å². The third-order valence-corrected chi connectivity index (χ3v) is 2.87. The van der Waals surface area contributed by atoms with Crippen LogP contribution in [-0.4, -0.2) is 41.6 Å². The van der Waals surface area contributed by atoms with Crippen LogP contribution in [0.1, 0.15) is 27.2 Å². The molecule has 0 bridgehead atoms. The van der Waals surface area contributed by atoms with Crippen molar-refractivity contribution >= 4 is 12.0 Å². The fraction of sp³-hybridized carbons (Fsp3) is 0.750. The van der Waals surface area contributed by atoms with Gasteiger partial charge in [-0.05, 0) is 12.8 Å². The maximum Gasteiger partial charge on any atom is 0.326 e. The number of carboxylic acid groups (broad SMARTS) is 1. The Morgan fingerprint density at radius 1 is 1.44 bits per heavy atom. The molecule has 2 amide bonds. The van der Waals surface area contributed by atoms with Crippen molar-refractivity contribution < 1.29 is 14.7 Å². The van der Waals surface area contributed by atoms with Crippen LogP contribution in [0, 0.1) is 23.2 Å². The zero-order chi connectivity index (χ0) is 14.3. The Morgan fingerprint density at radius 3 is 2.39 bits per heavy atom. The van der Waals surface area contributed by atoms with Crippen LogP contribution in [0.2, 0.25) is 0 Å². The van der Waals surface area contributed by atoms with Gasteiger partial charge in [0, 0.05) is 13.6 Å². The van der Waals surface area contributed by atoms with E-state index in [1.807, 2.05) is 13.0 Å². The molecule has 0 spiro atoms. The molecule has 0 aliphatic carbocycles. The van der Waals surface area contributed by atoms with Gasteiger partial charge in [0.15, 0.2) is 0 Å². The number of nitriles is 1. The molecule has 1 unspecified atom stereocenters. The van der Waals surface area contributed by atoms with Gasteiger partial charge < -0.3 is 15.3 Å². The third-order valence-electron chi connectivity index (χ3n) is 2.87. The third kappa shape index (κ3) is 5.04. The first-order valence-corrected chi connectivity index (χ1v) is 5.97. The minimum atomic E-state index is -1.04. The molecule has 2 N–H and O–H groups in total. The van der Waals surface area contributed by atoms with Crippen LogP contribution in [-0.2, 0) is 4.79 Å². The van der Waals surface area contributed by atoms with E-state index in [1.165, 1.54) is 4.90 Å². The SMILES string of the molecule is CC[C@H](C)[C@H](NC(=O)N(C)CC(C)C#N)C(=O)O. The summed E-state index contributed by atoms with van der Waals surface area (Å²) in [4.78, 5) is 24.1. The molecule has 3 atom stereocenters. The number of carbonyl (C=O) groups is 2. The lowest BCUT2D eigenvalue weighted by atomic mass is 9.99. The number of nitrogens with zero attached hydrogens (tertiary/aromatic N) is 2. The second-order valence-electron chi connectivity index (χ2n) is 4.56. The first-order chi connectivity index (χ1) is 8.33. The van der Waals surface area contributed by atoms with E-state index in [1.54, 1.807) is 20.9 Å². The summed E-state index contributed by atoms with van der Waals surface area (Å²) in [7, 11) is 1.54. The Morgan fingerprint density at radius 2 is 2.00 bits per heavy atom. The van der Waals surface area contributed by atoms with Gasteiger partial charge in [0.1, 0.15) is 6.04 Å². The van der Waals surface area contributed by atoms with E-state index in [4.69, 9.17) is 10.4 Å². The van der Waals surface area contributed by atoms with Crippen molar-refractivity contribution in [3.05, 3.63) is 0 Å². The Labute approximate surface area is 108 Å². The second kappa shape index (κ2) is 7.54. The summed E-state index contributed by atoms with van der Waals surface area (Å²) < 4.78 is 0. The molecule has 0 aliphatic heterocycles. The number of amides is 2. The Hall–Kier alpha value is -1.77. The number of nitrogens with one attached hydrogen (secondary N) is 1. The molecule has 0 saturated heterocycles. The molecule has 0 heterocycles. The van der Waals surface area contributed by atoms with Gasteiger partial charge in [-0.3, -0.25) is 0 Å². The lowest BCUT2D eigenvalue weighted by molar-refractivity contribution is -0.140. The first kappa shape index (κ1) is 16.2. The number of rotatable bonds is 6. The zero-order valence-corrected chi connectivity index (χ0v) is 11.3. The number of urea groups is 1. The van der Waals surface area contributed by atoms with Crippen molar-refractivity contribution in [1.82, 2.24) is 10.2 Å². The predicted octanol–water partition coefficient (Wildman–Crippen LogP) is 1.29. The molecule has 0 aromatic rings. The monoisotopic (exact) mass is 255 g/mol. The minimum Gasteiger partial charge on any atom is -0.480 e. The Balaban J connectivity index is 4.52. The fourth-order valence-electron chi connectivity index (χ4n) is 1.46. The van der Waals surface area contributed by atoms with Gasteiger partial charge in [0.25, 0.3) is 0 Å². The summed E-state index contributed by atoms with van der Waals surface area (Å²) >= 11 is 0. The van der Waals surface area contributed by atoms with Crippen molar-refractivity contribution in [2.45, 2.75) is 33.2 Å². The van der Waals surface area contributed by atoms with E-state index in [2.05, 4.69) is 5.32 Å². The number of carbonyl (C=O) groups excluding carboxylic acids is 1. The van der Waals surface area contributed by atoms with Crippen LogP contribution in [0.3, 0.4) is 0 Å². The van der Waals surface area contributed by atoms with Crippen LogP contribution in [0.5, 0.6) is 0 Å². The average molecular weight is 255 g/mol. The summed E-state index contributed by atoms with van der Waals surface area (Å²) in [5.41, 5.74) is 0. The largest absolute Gasteiger partial charge is 0.480 e. The van der Waals surface area contributed by atoms with Crippen LogP contribution in [0.4, 0.5) is 4.79 Å². The van der Waals surface area contributed by atoms with Gasteiger partial charge >= 0.3 is 12.0 Å². The van der Waals surface area contributed by atoms with Gasteiger partial charge in [0.2, 0.25) is 0 Å². The minimum absolute atomic E-state index is 0.145. The van der Waals surface area contributed by atoms with Gasteiger partial charge in [-0.25, -0.2) is 9.59 Å². The summed E-state index contributed by atoms with van der Waals surface area (Å²) in [6.45, 7) is 5.62. The molecule has 0 aromatic heterocycles. The Kier molecular flexibility index (Phi) is 6.79. The number of hydrogen-bond donors (Lipinski definition) is 2. The number of hydrogen-bond acceptors (Lipinski definition) is 3. The van der Waals surface area contributed by atoms with E-state index in [0.717, 1.165) is 0 Å². The summed E-state index contributed by atoms with van der Waals surface area (Å²) in [5.74, 6) is -1.47. The van der Waals surface area contributed by atoms with Gasteiger partial charge in [0.05, 0.1) is 12.0 Å². The van der Waals surface area contributed by atoms with Crippen molar-refractivity contribution in [1.29, 1.82) is 5.26 Å². The quantitative estimate of drug-likeness (QED) is 0.747. The van der Waals surface area contributed by atoms with Gasteiger partial charge in [-0.15, -0.1) is 0 Å². The average Bonchev–Trinajstić information content (AvgIpc) is 2.33. The summed E-state index contributed by atoms with van der Waals surface area (Å²) in [6, 6.07) is 0.654. The molecule has 0 radical (unpaired) electrons. The van der Waals surface area contributed by atoms with Crippen LogP contribution in [0.25, 0.3) is 0 Å². The second-order valence-corrected chi connectivity index (χ2v) is 4.56. The highest BCUT2D eigenvalue weighted by molar-refractivity contribution is 5.82. The van der Waals surface area contributed by atoms with E-state index in [0.29, 0.717) is 6.42 Å². The molecular weight excluding hydrogens is 234 g/mol. The smallest absolute Gasteiger partial charge is 0.326 e. The highest BCUT2D eigenvalue weighted by atomic mass is 16.4. The van der Waals surface area contributed by atoms with Gasteiger partial charge in [-0.2, -0.15) is 5.26 Å². The molecule has 0 fully saturated rings. The molecule has 0 aromatic carbocycles. The predicted molar refractivity (Wildman–Crippen MR) is 66.8 cm³/mol. The lowest BCUT2D eigenvalue weighted by Crippen LogP contribution is -2.50. The molecule has 0 aliphatic rings. The van der Waals surface area contributed by atoms with Crippen molar-refractivity contribution in [3.8, 4) is 6.07 Å². The van der Waals surface area contributed by atoms with Crippen molar-refractivity contribution in [3.63, 3.8) is 0 Å². The number of aliphatic carboxylic acids is 1. The maximum absolute atomic E-state index is 11.8. The fourth-order valence-corrected chi connectivity index (χ4v) is 1.46. The molecule has 6 heteroatoms. The molecule has 0 saturated carbocycles. The highest BCUT2D eigenvalue weighted by Crippen LogP contribution is 2.08. The molecule has 0 rings (SSSR count). The highest BCUT2D eigenvalue weighted by Gasteiger charge is 2.26. The van der Waals surface area contributed by atoms with Crippen LogP contribution >= 0.6 is 0 Å². The molecule has 6 nitrogen and oxygen atoms in total. The van der Waals surface area contributed by atoms with Crippen LogP contribution in [0.15, 0.2) is 0 Å². The number of carboxylic acids is 1. The zero-order valence-electron chi connectivity index (χ0n) is 11.3. The van der Waals surface area contributed by atoms with Crippen molar-refractivity contribution in [2.75, 3.05) is 13.6 Å². The van der Waals surface area contributed by atoms with E-state index in [-0.39, 0.29) is 18.4 Å².